The van der Waals surface area contributed by atoms with Crippen molar-refractivity contribution in [2.24, 2.45) is 5.41 Å². The van der Waals surface area contributed by atoms with Crippen molar-refractivity contribution in [1.29, 1.82) is 5.26 Å². The predicted molar refractivity (Wildman–Crippen MR) is 118 cm³/mol. The number of benzene rings is 1. The molecule has 0 saturated heterocycles. The minimum Gasteiger partial charge on any atom is -0.477 e. The number of nitrogens with one attached hydrogen (secondary N) is 1. The normalized spacial score (nSPS) is 12.9. The first-order chi connectivity index (χ1) is 14.0. The maximum atomic E-state index is 12.6. The van der Waals surface area contributed by atoms with Gasteiger partial charge in [-0.25, -0.2) is 4.79 Å². The smallest absolute Gasteiger partial charge is 0.349 e. The molecule has 1 aromatic heterocycles. The van der Waals surface area contributed by atoms with Gasteiger partial charge in [-0.1, -0.05) is 26.8 Å². The second-order valence-electron chi connectivity index (χ2n) is 7.57. The van der Waals surface area contributed by atoms with Gasteiger partial charge >= 0.3 is 5.97 Å². The SMILES string of the molecule is CCn1c(=O)/c(=C\Nc2cccc(N(C)C(=O)C(C)(C)C)c2)s/c1=C(/C#N)C(=O)O. The summed E-state index contributed by atoms with van der Waals surface area (Å²) >= 11 is 0.937. The van der Waals surface area contributed by atoms with Crippen molar-refractivity contribution < 1.29 is 14.7 Å². The Morgan fingerprint density at radius 3 is 2.57 bits per heavy atom. The van der Waals surface area contributed by atoms with E-state index in [9.17, 15) is 19.5 Å². The summed E-state index contributed by atoms with van der Waals surface area (Å²) in [5.74, 6) is -1.41. The molecule has 158 valence electrons. The highest BCUT2D eigenvalue weighted by atomic mass is 32.1. The van der Waals surface area contributed by atoms with Gasteiger partial charge in [0, 0.05) is 36.6 Å². The van der Waals surface area contributed by atoms with Crippen molar-refractivity contribution in [3.63, 3.8) is 0 Å². The molecule has 0 spiro atoms. The van der Waals surface area contributed by atoms with Crippen LogP contribution in [-0.2, 0) is 16.1 Å². The zero-order valence-electron chi connectivity index (χ0n) is 17.5. The number of carboxylic acid groups (broad SMARTS) is 1. The third-order valence-corrected chi connectivity index (χ3v) is 5.44. The van der Waals surface area contributed by atoms with Crippen LogP contribution in [0.1, 0.15) is 27.7 Å². The molecule has 0 saturated carbocycles. The maximum absolute atomic E-state index is 12.6. The Balaban J connectivity index is 2.46. The lowest BCUT2D eigenvalue weighted by atomic mass is 9.94. The Bertz CT molecular complexity index is 1200. The zero-order valence-corrected chi connectivity index (χ0v) is 18.3. The van der Waals surface area contributed by atoms with Crippen LogP contribution in [-0.4, -0.2) is 28.6 Å². The molecule has 2 rings (SSSR count). The van der Waals surface area contributed by atoms with E-state index in [0.717, 1.165) is 11.3 Å². The van der Waals surface area contributed by atoms with Crippen LogP contribution in [0.2, 0.25) is 0 Å². The third-order valence-electron chi connectivity index (χ3n) is 4.31. The molecule has 1 aromatic carbocycles. The molecule has 8 nitrogen and oxygen atoms in total. The Kier molecular flexibility index (Phi) is 6.84. The standard InChI is InChI=1S/C21H24N4O4S/c1-6-25-17(26)16(30-18(25)15(11-22)19(27)28)12-23-13-8-7-9-14(10-13)24(5)20(29)21(2,3)4/h7-10,12,23H,6H2,1-5H3,(H,27,28)/b16-12+,18-15-. The van der Waals surface area contributed by atoms with Crippen molar-refractivity contribution in [2.75, 3.05) is 17.3 Å². The highest BCUT2D eigenvalue weighted by Crippen LogP contribution is 2.24. The van der Waals surface area contributed by atoms with Gasteiger partial charge in [0.25, 0.3) is 5.56 Å². The number of nitrogens with zero attached hydrogens (tertiary/aromatic N) is 3. The second kappa shape index (κ2) is 8.97. The maximum Gasteiger partial charge on any atom is 0.349 e. The minimum atomic E-state index is -1.38. The third kappa shape index (κ3) is 4.78. The van der Waals surface area contributed by atoms with E-state index < -0.39 is 17.0 Å². The van der Waals surface area contributed by atoms with Gasteiger partial charge in [0.15, 0.2) is 5.57 Å². The average molecular weight is 429 g/mol. The van der Waals surface area contributed by atoms with E-state index in [4.69, 9.17) is 5.26 Å². The van der Waals surface area contributed by atoms with Crippen molar-refractivity contribution in [2.45, 2.75) is 34.2 Å². The Labute approximate surface area is 178 Å². The number of hydrogen-bond acceptors (Lipinski definition) is 6. The lowest BCUT2D eigenvalue weighted by molar-refractivity contribution is -0.130. The van der Waals surface area contributed by atoms with Gasteiger partial charge in [-0.05, 0) is 25.1 Å². The monoisotopic (exact) mass is 428 g/mol. The Hall–Kier alpha value is -3.38. The molecule has 0 atom stereocenters. The van der Waals surface area contributed by atoms with Gasteiger partial charge in [-0.2, -0.15) is 5.26 Å². The number of nitriles is 1. The topological polar surface area (TPSA) is 115 Å². The molecule has 0 aliphatic heterocycles. The number of amides is 1. The van der Waals surface area contributed by atoms with Crippen LogP contribution in [0.3, 0.4) is 0 Å². The summed E-state index contributed by atoms with van der Waals surface area (Å²) in [4.78, 5) is 38.0. The van der Waals surface area contributed by atoms with Gasteiger partial charge in [-0.15, -0.1) is 11.3 Å². The van der Waals surface area contributed by atoms with Crippen LogP contribution in [0, 0.1) is 16.7 Å². The highest BCUT2D eigenvalue weighted by Gasteiger charge is 2.25. The van der Waals surface area contributed by atoms with E-state index in [-0.39, 0.29) is 27.2 Å². The first-order valence-electron chi connectivity index (χ1n) is 9.23. The Morgan fingerprint density at radius 2 is 2.03 bits per heavy atom. The van der Waals surface area contributed by atoms with Crippen LogP contribution in [0.5, 0.6) is 0 Å². The van der Waals surface area contributed by atoms with Crippen molar-refractivity contribution in [1.82, 2.24) is 4.57 Å². The van der Waals surface area contributed by atoms with E-state index in [1.165, 1.54) is 10.8 Å². The number of aromatic nitrogens is 1. The van der Waals surface area contributed by atoms with Crippen LogP contribution in [0.4, 0.5) is 11.4 Å². The molecule has 2 aromatic rings. The number of aliphatic carboxylic acids is 1. The molecular formula is C21H24N4O4S. The number of carbonyl (C=O) groups excluding carboxylic acids is 1. The highest BCUT2D eigenvalue weighted by molar-refractivity contribution is 7.07. The molecule has 2 N–H and O–H groups in total. The summed E-state index contributed by atoms with van der Waals surface area (Å²) in [5.41, 5.74) is -0.0291. The van der Waals surface area contributed by atoms with Gasteiger partial charge in [0.05, 0.1) is 0 Å². The van der Waals surface area contributed by atoms with E-state index in [2.05, 4.69) is 5.32 Å². The number of hydrogen-bond donors (Lipinski definition) is 2. The van der Waals surface area contributed by atoms with Crippen molar-refractivity contribution in [3.05, 3.63) is 43.8 Å². The lowest BCUT2D eigenvalue weighted by Crippen LogP contribution is -2.36. The van der Waals surface area contributed by atoms with Crippen LogP contribution in [0.25, 0.3) is 11.8 Å². The number of carbonyl (C=O) groups is 2. The van der Waals surface area contributed by atoms with E-state index in [1.54, 1.807) is 43.1 Å². The van der Waals surface area contributed by atoms with E-state index >= 15 is 0 Å². The van der Waals surface area contributed by atoms with Crippen LogP contribution < -0.4 is 25.0 Å². The van der Waals surface area contributed by atoms with Gasteiger partial charge in [0.1, 0.15) is 15.3 Å². The number of carboxylic acids is 1. The molecule has 0 radical (unpaired) electrons. The summed E-state index contributed by atoms with van der Waals surface area (Å²) in [5, 5.41) is 21.4. The lowest BCUT2D eigenvalue weighted by Gasteiger charge is -2.26. The van der Waals surface area contributed by atoms with Crippen LogP contribution >= 0.6 is 11.3 Å². The fourth-order valence-corrected chi connectivity index (χ4v) is 3.83. The largest absolute Gasteiger partial charge is 0.477 e. The predicted octanol–water partition coefficient (Wildman–Crippen LogP) is 1.55. The van der Waals surface area contributed by atoms with Crippen LogP contribution in [0.15, 0.2) is 29.1 Å². The quantitative estimate of drug-likeness (QED) is 0.747. The fraction of sp³-hybridized carbons (Fsp3) is 0.333. The van der Waals surface area contributed by atoms with Crippen molar-refractivity contribution >= 4 is 46.4 Å². The molecule has 0 aliphatic rings. The number of rotatable bonds is 5. The summed E-state index contributed by atoms with van der Waals surface area (Å²) in [6.07, 6.45) is 1.48. The molecule has 0 unspecified atom stereocenters. The average Bonchev–Trinajstić information content (AvgIpc) is 3.00. The Morgan fingerprint density at radius 1 is 1.37 bits per heavy atom. The van der Waals surface area contributed by atoms with Crippen molar-refractivity contribution in [3.8, 4) is 6.07 Å². The number of thiazole rings is 1. The first kappa shape index (κ1) is 22.9. The summed E-state index contributed by atoms with van der Waals surface area (Å²) < 4.78 is 1.64. The molecule has 1 heterocycles. The molecule has 0 aliphatic carbocycles. The molecule has 9 heteroatoms. The number of anilines is 2. The van der Waals surface area contributed by atoms with Gasteiger partial charge in [-0.3, -0.25) is 14.2 Å². The van der Waals surface area contributed by atoms with Gasteiger partial charge in [0.2, 0.25) is 5.91 Å². The van der Waals surface area contributed by atoms with Gasteiger partial charge < -0.3 is 15.3 Å². The summed E-state index contributed by atoms with van der Waals surface area (Å²) in [6, 6.07) is 8.80. The minimum absolute atomic E-state index is 0.0365. The summed E-state index contributed by atoms with van der Waals surface area (Å²) in [7, 11) is 1.70. The second-order valence-corrected chi connectivity index (χ2v) is 8.60. The fourth-order valence-electron chi connectivity index (χ4n) is 2.75. The molecule has 1 amide bonds. The zero-order chi connectivity index (χ0) is 22.6. The molecule has 0 bridgehead atoms. The van der Waals surface area contributed by atoms with E-state index in [0.29, 0.717) is 11.4 Å². The summed E-state index contributed by atoms with van der Waals surface area (Å²) in [6.45, 7) is 7.48. The van der Waals surface area contributed by atoms with E-state index in [1.807, 2.05) is 26.8 Å². The molecule has 0 fully saturated rings. The molecular weight excluding hydrogens is 404 g/mol. The first-order valence-corrected chi connectivity index (χ1v) is 10.0. The molecule has 30 heavy (non-hydrogen) atoms.